The highest BCUT2D eigenvalue weighted by atomic mass is 32.2. The van der Waals surface area contributed by atoms with Crippen LogP contribution in [0.3, 0.4) is 0 Å². The van der Waals surface area contributed by atoms with Crippen molar-refractivity contribution < 1.29 is 0 Å². The molecule has 0 saturated carbocycles. The van der Waals surface area contributed by atoms with E-state index in [1.54, 1.807) is 5.01 Å². The molecule has 0 aromatic heterocycles. The number of hydrogen-bond donors (Lipinski definition) is 2. The molecular weight excluding hydrogens is 160 g/mol. The Morgan fingerprint density at radius 2 is 2.50 bits per heavy atom. The molecule has 1 heterocycles. The van der Waals surface area contributed by atoms with Gasteiger partial charge in [0.05, 0.1) is 0 Å². The van der Waals surface area contributed by atoms with E-state index in [0.717, 1.165) is 4.38 Å². The van der Waals surface area contributed by atoms with Crippen molar-refractivity contribution in [1.82, 2.24) is 5.01 Å². The Labute approximate surface area is 63.5 Å². The molecule has 0 amide bonds. The predicted molar refractivity (Wildman–Crippen MR) is 44.5 cm³/mol. The lowest BCUT2D eigenvalue weighted by Crippen LogP contribution is -2.12. The first-order valence-electron chi connectivity index (χ1n) is 2.05. The summed E-state index contributed by atoms with van der Waals surface area (Å²) in [5, 5.41) is 5.73. The van der Waals surface area contributed by atoms with Gasteiger partial charge in [-0.2, -0.15) is 5.10 Å². The third-order valence-electron chi connectivity index (χ3n) is 0.774. The smallest absolute Gasteiger partial charge is 0.149 e. The summed E-state index contributed by atoms with van der Waals surface area (Å²) in [6, 6.07) is 0. The van der Waals surface area contributed by atoms with Gasteiger partial charge in [-0.25, -0.2) is 0 Å². The van der Waals surface area contributed by atoms with E-state index in [2.05, 4.69) is 30.4 Å². The molecule has 1 aliphatic rings. The molecule has 1 rings (SSSR count). The van der Waals surface area contributed by atoms with E-state index in [-0.39, 0.29) is 4.71 Å². The third kappa shape index (κ3) is 1.27. The zero-order valence-corrected chi connectivity index (χ0v) is 6.88. The quantitative estimate of drug-likeness (QED) is 0.524. The molecule has 0 saturated heterocycles. The minimum Gasteiger partial charge on any atom is -0.275 e. The molecule has 0 bridgehead atoms. The van der Waals surface area contributed by atoms with Crippen LogP contribution in [0.4, 0.5) is 0 Å². The molecule has 0 aromatic rings. The van der Waals surface area contributed by atoms with E-state index >= 15 is 0 Å². The van der Waals surface area contributed by atoms with Gasteiger partial charge in [0, 0.05) is 7.05 Å². The zero-order valence-electron chi connectivity index (χ0n) is 4.27. The normalized spacial score (nSPS) is 28.6. The Bertz CT molecular complexity index is 124. The predicted octanol–water partition coefficient (Wildman–Crippen LogP) is 1.08. The average Bonchev–Trinajstić information content (AvgIpc) is 1.85. The van der Waals surface area contributed by atoms with Crippen LogP contribution in [0.5, 0.6) is 0 Å². The highest BCUT2D eigenvalue weighted by molar-refractivity contribution is 8.35. The van der Waals surface area contributed by atoms with E-state index in [1.165, 1.54) is 11.8 Å². The number of hydrogen-bond acceptors (Lipinski definition) is 4. The molecule has 0 aliphatic carbocycles. The van der Waals surface area contributed by atoms with Crippen molar-refractivity contribution in [3.63, 3.8) is 0 Å². The van der Waals surface area contributed by atoms with Crippen molar-refractivity contribution in [2.45, 2.75) is 4.71 Å². The fourth-order valence-electron chi connectivity index (χ4n) is 0.378. The SMILES string of the molecule is CN1N=C(S)SC1S. The number of hydrazone groups is 1. The van der Waals surface area contributed by atoms with Crippen LogP contribution in [-0.4, -0.2) is 21.1 Å². The molecule has 1 unspecified atom stereocenters. The first-order chi connectivity index (χ1) is 3.70. The summed E-state index contributed by atoms with van der Waals surface area (Å²) in [6.07, 6.45) is 0. The van der Waals surface area contributed by atoms with Crippen LogP contribution in [0.25, 0.3) is 0 Å². The van der Waals surface area contributed by atoms with Gasteiger partial charge in [-0.05, 0) is 0 Å². The molecule has 0 spiro atoms. The molecule has 5 heteroatoms. The van der Waals surface area contributed by atoms with Crippen molar-refractivity contribution in [2.24, 2.45) is 5.10 Å². The number of thioether (sulfide) groups is 1. The van der Waals surface area contributed by atoms with Crippen molar-refractivity contribution in [1.29, 1.82) is 0 Å². The van der Waals surface area contributed by atoms with Gasteiger partial charge in [0.2, 0.25) is 0 Å². The summed E-state index contributed by atoms with van der Waals surface area (Å²) >= 11 is 9.74. The molecular formula is C3H6N2S3. The first-order valence-corrected chi connectivity index (χ1v) is 3.89. The van der Waals surface area contributed by atoms with Gasteiger partial charge in [-0.3, -0.25) is 5.01 Å². The van der Waals surface area contributed by atoms with Crippen molar-refractivity contribution in [3.05, 3.63) is 0 Å². The number of thiol groups is 2. The van der Waals surface area contributed by atoms with Crippen LogP contribution in [-0.2, 0) is 0 Å². The fraction of sp³-hybridized carbons (Fsp3) is 0.667. The highest BCUT2D eigenvalue weighted by Crippen LogP contribution is 2.27. The Kier molecular flexibility index (Phi) is 2.00. The summed E-state index contributed by atoms with van der Waals surface area (Å²) in [6.45, 7) is 0. The van der Waals surface area contributed by atoms with Crippen LogP contribution in [0.2, 0.25) is 0 Å². The van der Waals surface area contributed by atoms with E-state index in [4.69, 9.17) is 0 Å². The Morgan fingerprint density at radius 3 is 2.62 bits per heavy atom. The first kappa shape index (κ1) is 6.64. The summed E-state index contributed by atoms with van der Waals surface area (Å²) in [4.78, 5) is 0. The third-order valence-corrected chi connectivity index (χ3v) is 2.64. The molecule has 0 aromatic carbocycles. The van der Waals surface area contributed by atoms with Gasteiger partial charge < -0.3 is 0 Å². The topological polar surface area (TPSA) is 15.6 Å². The van der Waals surface area contributed by atoms with E-state index in [9.17, 15) is 0 Å². The highest BCUT2D eigenvalue weighted by Gasteiger charge is 2.17. The summed E-state index contributed by atoms with van der Waals surface area (Å²) < 4.78 is 0.940. The minimum absolute atomic E-state index is 0.155. The molecule has 0 N–H and O–H groups in total. The maximum atomic E-state index is 4.17. The molecule has 2 nitrogen and oxygen atoms in total. The second-order valence-corrected chi connectivity index (χ2v) is 4.03. The van der Waals surface area contributed by atoms with Crippen LogP contribution in [0.15, 0.2) is 5.10 Å². The molecule has 46 valence electrons. The summed E-state index contributed by atoms with van der Waals surface area (Å²) in [7, 11) is 1.87. The largest absolute Gasteiger partial charge is 0.275 e. The second-order valence-electron chi connectivity index (χ2n) is 1.40. The van der Waals surface area contributed by atoms with Gasteiger partial charge in [-0.1, -0.05) is 11.8 Å². The Morgan fingerprint density at radius 1 is 1.88 bits per heavy atom. The van der Waals surface area contributed by atoms with Gasteiger partial charge in [0.15, 0.2) is 0 Å². The van der Waals surface area contributed by atoms with Gasteiger partial charge in [-0.15, -0.1) is 25.3 Å². The molecule has 1 atom stereocenters. The fourth-order valence-corrected chi connectivity index (χ4v) is 1.98. The lowest BCUT2D eigenvalue weighted by atomic mass is 11.1. The maximum Gasteiger partial charge on any atom is 0.149 e. The lowest BCUT2D eigenvalue weighted by Gasteiger charge is -2.09. The van der Waals surface area contributed by atoms with E-state index in [0.29, 0.717) is 0 Å². The molecule has 0 fully saturated rings. The van der Waals surface area contributed by atoms with Crippen molar-refractivity contribution in [3.8, 4) is 0 Å². The van der Waals surface area contributed by atoms with Crippen LogP contribution >= 0.6 is 37.0 Å². The van der Waals surface area contributed by atoms with Gasteiger partial charge in [0.1, 0.15) is 9.08 Å². The van der Waals surface area contributed by atoms with Crippen molar-refractivity contribution in [2.75, 3.05) is 7.05 Å². The molecule has 8 heavy (non-hydrogen) atoms. The zero-order chi connectivity index (χ0) is 6.15. The molecule has 1 aliphatic heterocycles. The van der Waals surface area contributed by atoms with Gasteiger partial charge >= 0.3 is 0 Å². The monoisotopic (exact) mass is 166 g/mol. The van der Waals surface area contributed by atoms with Crippen molar-refractivity contribution >= 4 is 41.4 Å². The molecule has 0 radical (unpaired) electrons. The van der Waals surface area contributed by atoms with Gasteiger partial charge in [0.25, 0.3) is 0 Å². The standard InChI is InChI=1S/C3H6N2S3/c1-5-3(7)8-2(6)4-5/h3,7H,1H3,(H,4,6). The van der Waals surface area contributed by atoms with Crippen LogP contribution in [0, 0.1) is 0 Å². The average molecular weight is 166 g/mol. The number of rotatable bonds is 0. The minimum atomic E-state index is 0.155. The Hall–Kier alpha value is 0.520. The van der Waals surface area contributed by atoms with Crippen LogP contribution < -0.4 is 0 Å². The van der Waals surface area contributed by atoms with E-state index in [1.807, 2.05) is 7.05 Å². The van der Waals surface area contributed by atoms with Crippen LogP contribution in [0.1, 0.15) is 0 Å². The van der Waals surface area contributed by atoms with E-state index < -0.39 is 0 Å². The second kappa shape index (κ2) is 2.41. The Balaban J connectivity index is 2.56. The number of nitrogens with zero attached hydrogens (tertiary/aromatic N) is 2. The summed E-state index contributed by atoms with van der Waals surface area (Å²) in [5.41, 5.74) is 0. The summed E-state index contributed by atoms with van der Waals surface area (Å²) in [5.74, 6) is 0. The lowest BCUT2D eigenvalue weighted by molar-refractivity contribution is 0.409. The maximum absolute atomic E-state index is 4.17.